The summed E-state index contributed by atoms with van der Waals surface area (Å²) in [7, 11) is 0. The van der Waals surface area contributed by atoms with Gasteiger partial charge in [0.1, 0.15) is 5.82 Å². The molecule has 2 aromatic rings. The van der Waals surface area contributed by atoms with Crippen LogP contribution in [0, 0.1) is 5.41 Å². The van der Waals surface area contributed by atoms with Crippen LogP contribution in [0.2, 0.25) is 0 Å². The van der Waals surface area contributed by atoms with Crippen LogP contribution in [0.1, 0.15) is 31.3 Å². The number of carbonyl (C=O) groups is 1. The minimum absolute atomic E-state index is 0.00419. The van der Waals surface area contributed by atoms with Gasteiger partial charge in [0.15, 0.2) is 11.3 Å². The average Bonchev–Trinajstić information content (AvgIpc) is 2.68. The van der Waals surface area contributed by atoms with Crippen molar-refractivity contribution in [2.24, 2.45) is 5.41 Å². The predicted octanol–water partition coefficient (Wildman–Crippen LogP) is 1.89. The number of hydrogen-bond acceptors (Lipinski definition) is 4. The van der Waals surface area contributed by atoms with Gasteiger partial charge in [-0.05, 0) is 17.5 Å². The van der Waals surface area contributed by atoms with Crippen molar-refractivity contribution in [2.75, 3.05) is 11.9 Å². The van der Waals surface area contributed by atoms with Crippen LogP contribution >= 0.6 is 0 Å². The second kappa shape index (κ2) is 4.29. The SMILES string of the molecule is CC(C)(C)CNc1ccc2nc(C(=O)O)cn2n1. The molecular formula is C12H16N4O2. The summed E-state index contributed by atoms with van der Waals surface area (Å²) in [4.78, 5) is 14.7. The zero-order valence-corrected chi connectivity index (χ0v) is 10.6. The third kappa shape index (κ3) is 2.77. The number of carboxylic acid groups (broad SMARTS) is 1. The molecule has 0 bridgehead atoms. The van der Waals surface area contributed by atoms with E-state index in [-0.39, 0.29) is 11.1 Å². The molecule has 0 unspecified atom stereocenters. The lowest BCUT2D eigenvalue weighted by atomic mass is 9.97. The highest BCUT2D eigenvalue weighted by atomic mass is 16.4. The number of rotatable bonds is 3. The van der Waals surface area contributed by atoms with E-state index >= 15 is 0 Å². The molecule has 0 saturated heterocycles. The maximum absolute atomic E-state index is 10.8. The summed E-state index contributed by atoms with van der Waals surface area (Å²) >= 11 is 0. The van der Waals surface area contributed by atoms with Gasteiger partial charge in [-0.3, -0.25) is 0 Å². The van der Waals surface area contributed by atoms with Gasteiger partial charge in [0.05, 0.1) is 6.20 Å². The normalized spacial score (nSPS) is 11.7. The number of nitrogens with one attached hydrogen (secondary N) is 1. The number of carboxylic acids is 1. The van der Waals surface area contributed by atoms with Crippen molar-refractivity contribution >= 4 is 17.4 Å². The summed E-state index contributed by atoms with van der Waals surface area (Å²) in [6, 6.07) is 3.53. The van der Waals surface area contributed by atoms with E-state index in [1.54, 1.807) is 12.1 Å². The molecule has 0 radical (unpaired) electrons. The second-order valence-electron chi connectivity index (χ2n) is 5.37. The van der Waals surface area contributed by atoms with Gasteiger partial charge in [-0.25, -0.2) is 14.3 Å². The van der Waals surface area contributed by atoms with E-state index in [9.17, 15) is 4.79 Å². The van der Waals surface area contributed by atoms with Gasteiger partial charge in [-0.2, -0.15) is 0 Å². The lowest BCUT2D eigenvalue weighted by molar-refractivity contribution is 0.0691. The van der Waals surface area contributed by atoms with Crippen molar-refractivity contribution in [3.05, 3.63) is 24.0 Å². The van der Waals surface area contributed by atoms with Crippen LogP contribution in [0.15, 0.2) is 18.3 Å². The Morgan fingerprint density at radius 3 is 2.78 bits per heavy atom. The molecule has 0 aliphatic heterocycles. The zero-order chi connectivity index (χ0) is 13.3. The Balaban J connectivity index is 2.24. The molecule has 6 nitrogen and oxygen atoms in total. The van der Waals surface area contributed by atoms with Gasteiger partial charge < -0.3 is 10.4 Å². The third-order valence-corrected chi connectivity index (χ3v) is 2.34. The average molecular weight is 248 g/mol. The highest BCUT2D eigenvalue weighted by Crippen LogP contribution is 2.14. The van der Waals surface area contributed by atoms with Crippen molar-refractivity contribution in [1.29, 1.82) is 0 Å². The summed E-state index contributed by atoms with van der Waals surface area (Å²) in [5.74, 6) is -0.350. The number of aromatic carboxylic acids is 1. The smallest absolute Gasteiger partial charge is 0.356 e. The van der Waals surface area contributed by atoms with Crippen LogP contribution < -0.4 is 5.32 Å². The van der Waals surface area contributed by atoms with Gasteiger partial charge in [-0.1, -0.05) is 20.8 Å². The number of imidazole rings is 1. The first-order chi connectivity index (χ1) is 8.35. The lowest BCUT2D eigenvalue weighted by Gasteiger charge is -2.18. The van der Waals surface area contributed by atoms with Crippen LogP contribution in [-0.2, 0) is 0 Å². The quantitative estimate of drug-likeness (QED) is 0.867. The van der Waals surface area contributed by atoms with Gasteiger partial charge in [0, 0.05) is 6.54 Å². The Morgan fingerprint density at radius 2 is 2.17 bits per heavy atom. The van der Waals surface area contributed by atoms with E-state index in [4.69, 9.17) is 5.11 Å². The molecule has 0 aromatic carbocycles. The largest absolute Gasteiger partial charge is 0.476 e. The van der Waals surface area contributed by atoms with Gasteiger partial charge >= 0.3 is 5.97 Å². The van der Waals surface area contributed by atoms with E-state index in [0.29, 0.717) is 11.5 Å². The van der Waals surface area contributed by atoms with Crippen molar-refractivity contribution in [3.8, 4) is 0 Å². The van der Waals surface area contributed by atoms with Crippen LogP contribution in [0.3, 0.4) is 0 Å². The number of fused-ring (bicyclic) bond motifs is 1. The van der Waals surface area contributed by atoms with Crippen molar-refractivity contribution in [3.63, 3.8) is 0 Å². The molecule has 0 amide bonds. The first-order valence-electron chi connectivity index (χ1n) is 5.69. The summed E-state index contributed by atoms with van der Waals surface area (Å²) in [6.07, 6.45) is 1.40. The zero-order valence-electron chi connectivity index (χ0n) is 10.6. The summed E-state index contributed by atoms with van der Waals surface area (Å²) in [5, 5.41) is 16.3. The number of hydrogen-bond donors (Lipinski definition) is 2. The van der Waals surface area contributed by atoms with E-state index in [0.717, 1.165) is 6.54 Å². The molecule has 6 heteroatoms. The van der Waals surface area contributed by atoms with Crippen molar-refractivity contribution in [1.82, 2.24) is 14.6 Å². The molecule has 0 spiro atoms. The first-order valence-corrected chi connectivity index (χ1v) is 5.69. The van der Waals surface area contributed by atoms with Gasteiger partial charge in [0.25, 0.3) is 0 Å². The Hall–Kier alpha value is -2.11. The molecule has 2 N–H and O–H groups in total. The van der Waals surface area contributed by atoms with Crippen LogP contribution in [0.25, 0.3) is 5.65 Å². The third-order valence-electron chi connectivity index (χ3n) is 2.34. The second-order valence-corrected chi connectivity index (χ2v) is 5.37. The molecule has 0 fully saturated rings. The standard InChI is InChI=1S/C12H16N4O2/c1-12(2,3)7-13-9-4-5-10-14-8(11(17)18)6-16(10)15-9/h4-6H,7H2,1-3H3,(H,13,15)(H,17,18). The molecule has 0 aliphatic carbocycles. The highest BCUT2D eigenvalue weighted by Gasteiger charge is 2.12. The molecule has 96 valence electrons. The van der Waals surface area contributed by atoms with E-state index < -0.39 is 5.97 Å². The Bertz CT molecular complexity index is 583. The van der Waals surface area contributed by atoms with Crippen LogP contribution in [-0.4, -0.2) is 32.2 Å². The minimum Gasteiger partial charge on any atom is -0.476 e. The molecule has 2 aromatic heterocycles. The maximum atomic E-state index is 10.8. The summed E-state index contributed by atoms with van der Waals surface area (Å²) in [5.41, 5.74) is 0.668. The maximum Gasteiger partial charge on any atom is 0.356 e. The predicted molar refractivity (Wildman–Crippen MR) is 67.9 cm³/mol. The fourth-order valence-corrected chi connectivity index (χ4v) is 1.44. The van der Waals surface area contributed by atoms with Crippen LogP contribution in [0.5, 0.6) is 0 Å². The van der Waals surface area contributed by atoms with E-state index in [2.05, 4.69) is 36.2 Å². The summed E-state index contributed by atoms with van der Waals surface area (Å²) in [6.45, 7) is 7.15. The monoisotopic (exact) mass is 248 g/mol. The van der Waals surface area contributed by atoms with Gasteiger partial charge in [-0.15, -0.1) is 5.10 Å². The molecule has 2 heterocycles. The van der Waals surface area contributed by atoms with E-state index in [1.165, 1.54) is 10.7 Å². The Labute approximate surface area is 105 Å². The fraction of sp³-hybridized carbons (Fsp3) is 0.417. The number of nitrogens with zero attached hydrogens (tertiary/aromatic N) is 3. The number of anilines is 1. The van der Waals surface area contributed by atoms with Crippen molar-refractivity contribution in [2.45, 2.75) is 20.8 Å². The van der Waals surface area contributed by atoms with Crippen molar-refractivity contribution < 1.29 is 9.90 Å². The number of aromatic nitrogens is 3. The molecule has 0 atom stereocenters. The molecule has 18 heavy (non-hydrogen) atoms. The van der Waals surface area contributed by atoms with E-state index in [1.807, 2.05) is 0 Å². The molecule has 0 saturated carbocycles. The Morgan fingerprint density at radius 1 is 1.44 bits per heavy atom. The molecule has 0 aliphatic rings. The van der Waals surface area contributed by atoms with Gasteiger partial charge in [0.2, 0.25) is 0 Å². The highest BCUT2D eigenvalue weighted by molar-refractivity contribution is 5.86. The lowest BCUT2D eigenvalue weighted by Crippen LogP contribution is -2.19. The topological polar surface area (TPSA) is 79.5 Å². The first kappa shape index (κ1) is 12.3. The van der Waals surface area contributed by atoms with Crippen LogP contribution in [0.4, 0.5) is 5.82 Å². The minimum atomic E-state index is -1.05. The molecular weight excluding hydrogens is 232 g/mol. The Kier molecular flexibility index (Phi) is 2.94. The fourth-order valence-electron chi connectivity index (χ4n) is 1.44. The summed E-state index contributed by atoms with van der Waals surface area (Å²) < 4.78 is 1.47. The molecule has 2 rings (SSSR count).